The molecule has 0 saturated carbocycles. The van der Waals surface area contributed by atoms with Crippen LogP contribution in [0.4, 0.5) is 0 Å². The van der Waals surface area contributed by atoms with E-state index in [1.807, 2.05) is 16.4 Å². The Hall–Kier alpha value is -1.69. The standard InChI is InChI=1S/C13H22N6/c1-6-18-12(15-8-16-18)7-19-11(4)13(9(2)14-5)10(3)17-19/h8-9,14H,6-7H2,1-5H3. The predicted octanol–water partition coefficient (Wildman–Crippen LogP) is 1.44. The van der Waals surface area contributed by atoms with Gasteiger partial charge in [0, 0.05) is 23.8 Å². The average Bonchev–Trinajstić information content (AvgIpc) is 2.94. The third-order valence-corrected chi connectivity index (χ3v) is 3.59. The molecule has 0 fully saturated rings. The van der Waals surface area contributed by atoms with E-state index in [-0.39, 0.29) is 0 Å². The van der Waals surface area contributed by atoms with Gasteiger partial charge in [-0.05, 0) is 34.7 Å². The van der Waals surface area contributed by atoms with Crippen molar-refractivity contribution in [3.8, 4) is 0 Å². The first-order chi connectivity index (χ1) is 9.08. The maximum atomic E-state index is 4.63. The van der Waals surface area contributed by atoms with Crippen molar-refractivity contribution < 1.29 is 0 Å². The highest BCUT2D eigenvalue weighted by atomic mass is 15.4. The van der Waals surface area contributed by atoms with Gasteiger partial charge < -0.3 is 5.32 Å². The Morgan fingerprint density at radius 3 is 2.68 bits per heavy atom. The Labute approximate surface area is 113 Å². The van der Waals surface area contributed by atoms with E-state index >= 15 is 0 Å². The van der Waals surface area contributed by atoms with E-state index in [9.17, 15) is 0 Å². The lowest BCUT2D eigenvalue weighted by molar-refractivity contribution is 0.557. The molecule has 0 saturated heterocycles. The quantitative estimate of drug-likeness (QED) is 0.885. The lowest BCUT2D eigenvalue weighted by Crippen LogP contribution is -2.15. The van der Waals surface area contributed by atoms with Gasteiger partial charge in [0.15, 0.2) is 0 Å². The molecular weight excluding hydrogens is 240 g/mol. The number of aryl methyl sites for hydroxylation is 2. The third-order valence-electron chi connectivity index (χ3n) is 3.59. The maximum absolute atomic E-state index is 4.63. The summed E-state index contributed by atoms with van der Waals surface area (Å²) in [5.74, 6) is 0.941. The predicted molar refractivity (Wildman–Crippen MR) is 74.0 cm³/mol. The zero-order valence-corrected chi connectivity index (χ0v) is 12.3. The topological polar surface area (TPSA) is 60.6 Å². The monoisotopic (exact) mass is 262 g/mol. The van der Waals surface area contributed by atoms with Gasteiger partial charge in [0.1, 0.15) is 18.7 Å². The summed E-state index contributed by atoms with van der Waals surface area (Å²) < 4.78 is 3.91. The summed E-state index contributed by atoms with van der Waals surface area (Å²) >= 11 is 0. The van der Waals surface area contributed by atoms with Crippen LogP contribution in [0, 0.1) is 13.8 Å². The van der Waals surface area contributed by atoms with Crippen molar-refractivity contribution >= 4 is 0 Å². The molecule has 0 aromatic carbocycles. The van der Waals surface area contributed by atoms with Crippen LogP contribution in [0.1, 0.15) is 42.7 Å². The molecule has 0 spiro atoms. The molecule has 6 heteroatoms. The fourth-order valence-electron chi connectivity index (χ4n) is 2.44. The number of rotatable bonds is 5. The molecule has 2 rings (SSSR count). The minimum Gasteiger partial charge on any atom is -0.313 e. The molecular formula is C13H22N6. The Morgan fingerprint density at radius 1 is 1.32 bits per heavy atom. The molecule has 1 N–H and O–H groups in total. The van der Waals surface area contributed by atoms with Gasteiger partial charge in [-0.25, -0.2) is 9.67 Å². The lowest BCUT2D eigenvalue weighted by Gasteiger charge is -2.11. The van der Waals surface area contributed by atoms with E-state index in [0.29, 0.717) is 12.6 Å². The molecule has 2 heterocycles. The van der Waals surface area contributed by atoms with Gasteiger partial charge >= 0.3 is 0 Å². The van der Waals surface area contributed by atoms with E-state index in [1.165, 1.54) is 11.3 Å². The molecule has 0 amide bonds. The second kappa shape index (κ2) is 5.52. The third kappa shape index (κ3) is 2.53. The van der Waals surface area contributed by atoms with E-state index in [4.69, 9.17) is 0 Å². The van der Waals surface area contributed by atoms with Crippen LogP contribution < -0.4 is 5.32 Å². The fourth-order valence-corrected chi connectivity index (χ4v) is 2.44. The SMILES string of the molecule is CCn1ncnc1Cn1nc(C)c(C(C)NC)c1C. The molecule has 0 bridgehead atoms. The molecule has 19 heavy (non-hydrogen) atoms. The molecule has 0 radical (unpaired) electrons. The summed E-state index contributed by atoms with van der Waals surface area (Å²) in [5, 5.41) is 12.1. The summed E-state index contributed by atoms with van der Waals surface area (Å²) in [7, 11) is 1.97. The zero-order valence-electron chi connectivity index (χ0n) is 12.3. The number of hydrogen-bond acceptors (Lipinski definition) is 4. The first-order valence-electron chi connectivity index (χ1n) is 6.66. The molecule has 0 aliphatic heterocycles. The van der Waals surface area contributed by atoms with Crippen molar-refractivity contribution in [2.75, 3.05) is 7.05 Å². The molecule has 0 aliphatic carbocycles. The number of nitrogens with zero attached hydrogens (tertiary/aromatic N) is 5. The molecule has 1 unspecified atom stereocenters. The van der Waals surface area contributed by atoms with Gasteiger partial charge in [-0.3, -0.25) is 4.68 Å². The van der Waals surface area contributed by atoms with Gasteiger partial charge in [-0.2, -0.15) is 10.2 Å². The normalized spacial score (nSPS) is 12.9. The van der Waals surface area contributed by atoms with Crippen molar-refractivity contribution in [2.45, 2.75) is 46.8 Å². The van der Waals surface area contributed by atoms with Crippen LogP contribution in [0.5, 0.6) is 0 Å². The van der Waals surface area contributed by atoms with Crippen LogP contribution in [-0.2, 0) is 13.1 Å². The second-order valence-corrected chi connectivity index (χ2v) is 4.74. The van der Waals surface area contributed by atoms with E-state index < -0.39 is 0 Å². The summed E-state index contributed by atoms with van der Waals surface area (Å²) in [5.41, 5.74) is 3.52. The average molecular weight is 262 g/mol. The van der Waals surface area contributed by atoms with E-state index in [0.717, 1.165) is 18.1 Å². The highest BCUT2D eigenvalue weighted by Gasteiger charge is 2.17. The van der Waals surface area contributed by atoms with E-state index in [2.05, 4.69) is 48.2 Å². The molecule has 0 aliphatic rings. The van der Waals surface area contributed by atoms with E-state index in [1.54, 1.807) is 6.33 Å². The summed E-state index contributed by atoms with van der Waals surface area (Å²) in [6.07, 6.45) is 1.60. The summed E-state index contributed by atoms with van der Waals surface area (Å²) in [6, 6.07) is 0.304. The van der Waals surface area contributed by atoms with Crippen LogP contribution in [-0.4, -0.2) is 31.6 Å². The summed E-state index contributed by atoms with van der Waals surface area (Å²) in [6.45, 7) is 9.86. The second-order valence-electron chi connectivity index (χ2n) is 4.74. The maximum Gasteiger partial charge on any atom is 0.148 e. The van der Waals surface area contributed by atoms with Gasteiger partial charge in [0.25, 0.3) is 0 Å². The number of nitrogens with one attached hydrogen (secondary N) is 1. The first kappa shape index (κ1) is 13.7. The smallest absolute Gasteiger partial charge is 0.148 e. The van der Waals surface area contributed by atoms with Crippen molar-refractivity contribution in [1.29, 1.82) is 0 Å². The van der Waals surface area contributed by atoms with Crippen molar-refractivity contribution in [3.05, 3.63) is 29.1 Å². The van der Waals surface area contributed by atoms with Crippen LogP contribution in [0.2, 0.25) is 0 Å². The lowest BCUT2D eigenvalue weighted by atomic mass is 10.1. The zero-order chi connectivity index (χ0) is 14.0. The minimum atomic E-state index is 0.304. The van der Waals surface area contributed by atoms with Crippen molar-refractivity contribution in [2.24, 2.45) is 0 Å². The highest BCUT2D eigenvalue weighted by Crippen LogP contribution is 2.21. The minimum absolute atomic E-state index is 0.304. The van der Waals surface area contributed by atoms with Crippen LogP contribution in [0.25, 0.3) is 0 Å². The fraction of sp³-hybridized carbons (Fsp3) is 0.615. The molecule has 1 atom stereocenters. The van der Waals surface area contributed by atoms with Crippen molar-refractivity contribution in [3.63, 3.8) is 0 Å². The van der Waals surface area contributed by atoms with Gasteiger partial charge in [-0.15, -0.1) is 0 Å². The molecule has 2 aromatic heterocycles. The van der Waals surface area contributed by atoms with Gasteiger partial charge in [0.2, 0.25) is 0 Å². The number of aromatic nitrogens is 5. The molecule has 6 nitrogen and oxygen atoms in total. The van der Waals surface area contributed by atoms with Gasteiger partial charge in [0.05, 0.1) is 5.69 Å². The largest absolute Gasteiger partial charge is 0.313 e. The summed E-state index contributed by atoms with van der Waals surface area (Å²) in [4.78, 5) is 4.30. The molecule has 104 valence electrons. The first-order valence-corrected chi connectivity index (χ1v) is 6.66. The Bertz CT molecular complexity index is 553. The Balaban J connectivity index is 2.32. The highest BCUT2D eigenvalue weighted by molar-refractivity contribution is 5.28. The van der Waals surface area contributed by atoms with Crippen LogP contribution in [0.15, 0.2) is 6.33 Å². The Kier molecular flexibility index (Phi) is 3.99. The van der Waals surface area contributed by atoms with Crippen LogP contribution in [0.3, 0.4) is 0 Å². The Morgan fingerprint density at radius 2 is 2.05 bits per heavy atom. The van der Waals surface area contributed by atoms with Gasteiger partial charge in [-0.1, -0.05) is 0 Å². The number of hydrogen-bond donors (Lipinski definition) is 1. The van der Waals surface area contributed by atoms with Crippen molar-refractivity contribution in [1.82, 2.24) is 29.9 Å². The van der Waals surface area contributed by atoms with Crippen LogP contribution >= 0.6 is 0 Å². The molecule has 2 aromatic rings.